The van der Waals surface area contributed by atoms with Crippen LogP contribution in [0.1, 0.15) is 48.0 Å². The van der Waals surface area contributed by atoms with Gasteiger partial charge in [-0.15, -0.1) is 0 Å². The number of piperidine rings is 2. The van der Waals surface area contributed by atoms with Crippen molar-refractivity contribution in [3.05, 3.63) is 59.7 Å². The number of hydrogen-bond acceptors (Lipinski definition) is 4. The van der Waals surface area contributed by atoms with Gasteiger partial charge in [0.2, 0.25) is 0 Å². The quantitative estimate of drug-likeness (QED) is 0.804. The number of benzene rings is 2. The van der Waals surface area contributed by atoms with Crippen molar-refractivity contribution in [3.8, 4) is 11.5 Å². The number of para-hydroxylation sites is 1. The molecule has 5 heteroatoms. The molecule has 0 saturated carbocycles. The number of ether oxygens (including phenoxy) is 2. The van der Waals surface area contributed by atoms with Crippen LogP contribution in [0, 0.1) is 0 Å². The maximum atomic E-state index is 12.7. The number of rotatable bonds is 6. The average Bonchev–Trinajstić information content (AvgIpc) is 2.74. The molecule has 0 spiro atoms. The van der Waals surface area contributed by atoms with Crippen molar-refractivity contribution >= 4 is 5.91 Å². The number of carbonyl (C=O) groups is 1. The highest BCUT2D eigenvalue weighted by atomic mass is 16.5. The van der Waals surface area contributed by atoms with Gasteiger partial charge in [0.25, 0.3) is 5.91 Å². The van der Waals surface area contributed by atoms with Crippen LogP contribution in [-0.2, 0) is 6.54 Å². The second-order valence-corrected chi connectivity index (χ2v) is 8.09. The Bertz CT molecular complexity index is 822. The molecule has 1 N–H and O–H groups in total. The van der Waals surface area contributed by atoms with Crippen molar-refractivity contribution in [1.29, 1.82) is 0 Å². The molecule has 2 saturated heterocycles. The van der Waals surface area contributed by atoms with Crippen LogP contribution < -0.4 is 14.8 Å². The van der Waals surface area contributed by atoms with Crippen molar-refractivity contribution in [2.45, 2.75) is 56.8 Å². The zero-order chi connectivity index (χ0) is 20.2. The fourth-order valence-corrected chi connectivity index (χ4v) is 4.90. The second kappa shape index (κ2) is 8.87. The summed E-state index contributed by atoms with van der Waals surface area (Å²) < 4.78 is 10.7. The van der Waals surface area contributed by atoms with Crippen molar-refractivity contribution in [3.63, 3.8) is 0 Å². The molecule has 154 valence electrons. The molecule has 0 aliphatic carbocycles. The van der Waals surface area contributed by atoms with Gasteiger partial charge in [0.1, 0.15) is 11.5 Å². The van der Waals surface area contributed by atoms with Gasteiger partial charge < -0.3 is 14.8 Å². The van der Waals surface area contributed by atoms with E-state index in [1.165, 1.54) is 24.8 Å². The summed E-state index contributed by atoms with van der Waals surface area (Å²) >= 11 is 0. The Kier molecular flexibility index (Phi) is 6.05. The Balaban J connectivity index is 1.41. The van der Waals surface area contributed by atoms with Gasteiger partial charge >= 0.3 is 0 Å². The topological polar surface area (TPSA) is 50.8 Å². The van der Waals surface area contributed by atoms with Gasteiger partial charge in [-0.2, -0.15) is 0 Å². The molecule has 2 aliphatic heterocycles. The minimum absolute atomic E-state index is 0.00825. The van der Waals surface area contributed by atoms with Crippen LogP contribution in [0.5, 0.6) is 11.5 Å². The van der Waals surface area contributed by atoms with Gasteiger partial charge in [0.15, 0.2) is 0 Å². The molecule has 2 aromatic carbocycles. The van der Waals surface area contributed by atoms with Crippen LogP contribution >= 0.6 is 0 Å². The first-order chi connectivity index (χ1) is 14.2. The minimum Gasteiger partial charge on any atom is -0.497 e. The van der Waals surface area contributed by atoms with Crippen LogP contribution in [0.3, 0.4) is 0 Å². The molecule has 0 aromatic heterocycles. The highest BCUT2D eigenvalue weighted by Crippen LogP contribution is 2.36. The first-order valence-corrected chi connectivity index (χ1v) is 10.5. The molecule has 2 heterocycles. The molecule has 2 aliphatic rings. The van der Waals surface area contributed by atoms with E-state index in [0.717, 1.165) is 30.9 Å². The number of amides is 1. The van der Waals surface area contributed by atoms with Crippen LogP contribution in [-0.4, -0.2) is 43.2 Å². The third-order valence-electron chi connectivity index (χ3n) is 6.36. The zero-order valence-corrected chi connectivity index (χ0v) is 17.3. The van der Waals surface area contributed by atoms with E-state index < -0.39 is 0 Å². The number of hydrogen-bond donors (Lipinski definition) is 1. The summed E-state index contributed by atoms with van der Waals surface area (Å²) in [6, 6.07) is 16.9. The predicted molar refractivity (Wildman–Crippen MR) is 113 cm³/mol. The summed E-state index contributed by atoms with van der Waals surface area (Å²) in [7, 11) is 3.37. The zero-order valence-electron chi connectivity index (χ0n) is 17.3. The van der Waals surface area contributed by atoms with E-state index in [0.29, 0.717) is 17.6 Å². The summed E-state index contributed by atoms with van der Waals surface area (Å²) in [5, 5.41) is 3.28. The molecule has 1 amide bonds. The molecule has 5 nitrogen and oxygen atoms in total. The molecular formula is C24H30N2O3. The minimum atomic E-state index is 0.00825. The number of methoxy groups -OCH3 is 2. The average molecular weight is 395 g/mol. The molecule has 1 unspecified atom stereocenters. The lowest BCUT2D eigenvalue weighted by atomic mass is 9.81. The second-order valence-electron chi connectivity index (χ2n) is 8.09. The molecule has 2 bridgehead atoms. The van der Waals surface area contributed by atoms with E-state index in [1.54, 1.807) is 14.2 Å². The molecule has 0 radical (unpaired) electrons. The lowest BCUT2D eigenvalue weighted by Gasteiger charge is -2.49. The van der Waals surface area contributed by atoms with Crippen molar-refractivity contribution < 1.29 is 14.3 Å². The Morgan fingerprint density at radius 3 is 2.34 bits per heavy atom. The standard InChI is InChI=1S/C24H30N2O3/c1-28-22-12-10-17(11-13-22)24(27)25-19-14-20-7-5-8-21(15-19)26(20)16-18-6-3-4-9-23(18)29-2/h3-4,6,9-13,19-21H,5,7-8,14-16H2,1-2H3,(H,25,27)/t19?,20-,21+. The van der Waals surface area contributed by atoms with Crippen molar-refractivity contribution in [1.82, 2.24) is 10.2 Å². The van der Waals surface area contributed by atoms with E-state index >= 15 is 0 Å². The first kappa shape index (κ1) is 19.8. The summed E-state index contributed by atoms with van der Waals surface area (Å²) in [4.78, 5) is 15.3. The maximum Gasteiger partial charge on any atom is 0.251 e. The number of carbonyl (C=O) groups excluding carboxylic acids is 1. The molecule has 29 heavy (non-hydrogen) atoms. The third-order valence-corrected chi connectivity index (χ3v) is 6.36. The monoisotopic (exact) mass is 394 g/mol. The van der Waals surface area contributed by atoms with E-state index in [2.05, 4.69) is 22.3 Å². The lowest BCUT2D eigenvalue weighted by Crippen LogP contribution is -2.56. The summed E-state index contributed by atoms with van der Waals surface area (Å²) in [5.74, 6) is 1.73. The number of nitrogens with zero attached hydrogens (tertiary/aromatic N) is 1. The number of fused-ring (bicyclic) bond motifs is 2. The van der Waals surface area contributed by atoms with Gasteiger partial charge in [-0.25, -0.2) is 0 Å². The molecule has 2 aromatic rings. The SMILES string of the molecule is COc1ccc(C(=O)NC2C[C@H]3CCC[C@@H](C2)N3Cc2ccccc2OC)cc1. The van der Waals surface area contributed by atoms with Gasteiger partial charge in [0, 0.05) is 35.8 Å². The Morgan fingerprint density at radius 2 is 1.69 bits per heavy atom. The van der Waals surface area contributed by atoms with E-state index in [1.807, 2.05) is 36.4 Å². The van der Waals surface area contributed by atoms with Crippen LogP contribution in [0.4, 0.5) is 0 Å². The molecule has 4 rings (SSSR count). The van der Waals surface area contributed by atoms with Gasteiger partial charge in [0.05, 0.1) is 14.2 Å². The summed E-state index contributed by atoms with van der Waals surface area (Å²) in [6.07, 6.45) is 5.68. The molecule has 3 atom stereocenters. The summed E-state index contributed by atoms with van der Waals surface area (Å²) in [6.45, 7) is 0.915. The van der Waals surface area contributed by atoms with Gasteiger partial charge in [-0.3, -0.25) is 9.69 Å². The van der Waals surface area contributed by atoms with Gasteiger partial charge in [-0.1, -0.05) is 24.6 Å². The Labute approximate surface area is 173 Å². The van der Waals surface area contributed by atoms with E-state index in [-0.39, 0.29) is 11.9 Å². The largest absolute Gasteiger partial charge is 0.497 e. The fraction of sp³-hybridized carbons (Fsp3) is 0.458. The molecule has 2 fully saturated rings. The lowest BCUT2D eigenvalue weighted by molar-refractivity contribution is 0.0172. The Morgan fingerprint density at radius 1 is 1.00 bits per heavy atom. The Hall–Kier alpha value is -2.53. The predicted octanol–water partition coefficient (Wildman–Crippen LogP) is 4.02. The van der Waals surface area contributed by atoms with Gasteiger partial charge in [-0.05, 0) is 56.0 Å². The molecular weight excluding hydrogens is 364 g/mol. The first-order valence-electron chi connectivity index (χ1n) is 10.5. The van der Waals surface area contributed by atoms with Crippen LogP contribution in [0.15, 0.2) is 48.5 Å². The smallest absolute Gasteiger partial charge is 0.251 e. The van der Waals surface area contributed by atoms with Crippen molar-refractivity contribution in [2.75, 3.05) is 14.2 Å². The van der Waals surface area contributed by atoms with Crippen molar-refractivity contribution in [2.24, 2.45) is 0 Å². The number of nitrogens with one attached hydrogen (secondary N) is 1. The summed E-state index contributed by atoms with van der Waals surface area (Å²) in [5.41, 5.74) is 1.93. The normalized spacial score (nSPS) is 24.0. The maximum absolute atomic E-state index is 12.7. The van der Waals surface area contributed by atoms with E-state index in [4.69, 9.17) is 9.47 Å². The van der Waals surface area contributed by atoms with E-state index in [9.17, 15) is 4.79 Å². The highest BCUT2D eigenvalue weighted by Gasteiger charge is 2.38. The highest BCUT2D eigenvalue weighted by molar-refractivity contribution is 5.94. The third kappa shape index (κ3) is 4.40. The van der Waals surface area contributed by atoms with Crippen LogP contribution in [0.25, 0.3) is 0 Å². The van der Waals surface area contributed by atoms with Crippen LogP contribution in [0.2, 0.25) is 0 Å². The fourth-order valence-electron chi connectivity index (χ4n) is 4.90.